The first kappa shape index (κ1) is 11.5. The molecular formula is C15H27P. The van der Waals surface area contributed by atoms with E-state index in [0.29, 0.717) is 0 Å². The molecule has 0 N–H and O–H groups in total. The second-order valence-electron chi connectivity index (χ2n) is 6.66. The van der Waals surface area contributed by atoms with Crippen molar-refractivity contribution in [2.75, 3.05) is 0 Å². The quantitative estimate of drug-likeness (QED) is 0.505. The van der Waals surface area contributed by atoms with Gasteiger partial charge in [-0.15, -0.1) is 8.58 Å². The molecule has 1 heterocycles. The van der Waals surface area contributed by atoms with Gasteiger partial charge in [-0.2, -0.15) is 0 Å². The zero-order valence-electron chi connectivity index (χ0n) is 10.7. The van der Waals surface area contributed by atoms with Crippen LogP contribution in [-0.4, -0.2) is 10.3 Å². The van der Waals surface area contributed by atoms with Gasteiger partial charge in [-0.25, -0.2) is 0 Å². The van der Waals surface area contributed by atoms with Crippen molar-refractivity contribution in [1.29, 1.82) is 0 Å². The van der Waals surface area contributed by atoms with E-state index in [1.807, 2.05) is 0 Å². The van der Waals surface area contributed by atoms with Gasteiger partial charge in [-0.05, 0) is 48.8 Å². The lowest BCUT2D eigenvalue weighted by atomic mass is 9.79. The van der Waals surface area contributed by atoms with Crippen molar-refractivity contribution >= 4 is 8.58 Å². The van der Waals surface area contributed by atoms with Crippen LogP contribution in [0.15, 0.2) is 0 Å². The van der Waals surface area contributed by atoms with Crippen molar-refractivity contribution in [2.45, 2.75) is 93.8 Å². The molecule has 0 nitrogen and oxygen atoms in total. The van der Waals surface area contributed by atoms with Gasteiger partial charge in [0.25, 0.3) is 0 Å². The van der Waals surface area contributed by atoms with E-state index < -0.39 is 0 Å². The largest absolute Gasteiger partial charge is 0.109 e. The Kier molecular flexibility index (Phi) is 3.31. The molecular weight excluding hydrogens is 211 g/mol. The molecule has 0 aromatic rings. The van der Waals surface area contributed by atoms with Gasteiger partial charge in [0.15, 0.2) is 0 Å². The molecule has 16 heavy (non-hydrogen) atoms. The molecule has 92 valence electrons. The molecule has 0 unspecified atom stereocenters. The minimum absolute atomic E-state index is 0.855. The third-order valence-corrected chi connectivity index (χ3v) is 8.02. The summed E-state index contributed by atoms with van der Waals surface area (Å²) in [5, 5.41) is 1.71. The van der Waals surface area contributed by atoms with E-state index in [0.717, 1.165) is 10.3 Å². The molecule has 1 heteroatoms. The fraction of sp³-hybridized carbons (Fsp3) is 1.00. The molecule has 0 radical (unpaired) electrons. The van der Waals surface area contributed by atoms with E-state index in [9.17, 15) is 0 Å². The van der Waals surface area contributed by atoms with Crippen LogP contribution >= 0.6 is 8.58 Å². The minimum Gasteiger partial charge on any atom is -0.109 e. The number of rotatable bonds is 0. The molecule has 3 fully saturated rings. The molecule has 1 aliphatic heterocycles. The Labute approximate surface area is 103 Å². The van der Waals surface area contributed by atoms with E-state index in [4.69, 9.17) is 0 Å². The topological polar surface area (TPSA) is 0 Å². The summed E-state index contributed by atoms with van der Waals surface area (Å²) in [4.78, 5) is 0. The van der Waals surface area contributed by atoms with Crippen LogP contribution in [0.5, 0.6) is 0 Å². The average molecular weight is 238 g/mol. The standard InChI is InChI=1S/C15H27P/c1-3-8-14(9-4-1)12-7-13-15(16-14)10-5-2-6-11-15/h16H,1-13H2. The molecule has 0 aromatic carbocycles. The maximum absolute atomic E-state index is 1.59. The van der Waals surface area contributed by atoms with Crippen LogP contribution in [0.4, 0.5) is 0 Å². The first-order valence-electron chi connectivity index (χ1n) is 7.62. The Bertz CT molecular complexity index is 199. The summed E-state index contributed by atoms with van der Waals surface area (Å²) in [6, 6.07) is 0. The fourth-order valence-corrected chi connectivity index (χ4v) is 7.60. The molecule has 0 atom stereocenters. The second-order valence-corrected chi connectivity index (χ2v) is 9.03. The van der Waals surface area contributed by atoms with Crippen LogP contribution < -0.4 is 0 Å². The van der Waals surface area contributed by atoms with E-state index in [1.165, 1.54) is 21.4 Å². The highest BCUT2D eigenvalue weighted by molar-refractivity contribution is 7.42. The Morgan fingerprint density at radius 1 is 0.438 bits per heavy atom. The van der Waals surface area contributed by atoms with Gasteiger partial charge in [0.1, 0.15) is 0 Å². The molecule has 0 aromatic heterocycles. The van der Waals surface area contributed by atoms with Crippen LogP contribution in [0.3, 0.4) is 0 Å². The highest BCUT2D eigenvalue weighted by Crippen LogP contribution is 2.62. The van der Waals surface area contributed by atoms with Crippen molar-refractivity contribution in [3.63, 3.8) is 0 Å². The van der Waals surface area contributed by atoms with Gasteiger partial charge in [-0.1, -0.05) is 44.9 Å². The summed E-state index contributed by atoms with van der Waals surface area (Å²) < 4.78 is 0. The van der Waals surface area contributed by atoms with E-state index >= 15 is 0 Å². The maximum atomic E-state index is 1.59. The molecule has 0 bridgehead atoms. The first-order chi connectivity index (χ1) is 7.83. The fourth-order valence-electron chi connectivity index (χ4n) is 4.66. The van der Waals surface area contributed by atoms with Gasteiger partial charge >= 0.3 is 0 Å². The molecule has 2 aliphatic carbocycles. The zero-order chi connectivity index (χ0) is 10.9. The van der Waals surface area contributed by atoms with Crippen LogP contribution in [0.25, 0.3) is 0 Å². The van der Waals surface area contributed by atoms with E-state index in [2.05, 4.69) is 0 Å². The lowest BCUT2D eigenvalue weighted by Gasteiger charge is -2.51. The monoisotopic (exact) mass is 238 g/mol. The van der Waals surface area contributed by atoms with Crippen molar-refractivity contribution in [1.82, 2.24) is 0 Å². The normalized spacial score (nSPS) is 33.0. The first-order valence-corrected chi connectivity index (χ1v) is 8.62. The highest BCUT2D eigenvalue weighted by atomic mass is 31.1. The minimum atomic E-state index is 0.855. The Morgan fingerprint density at radius 3 is 1.25 bits per heavy atom. The van der Waals surface area contributed by atoms with Crippen molar-refractivity contribution in [3.8, 4) is 0 Å². The zero-order valence-corrected chi connectivity index (χ0v) is 11.7. The molecule has 0 amide bonds. The Hall–Kier alpha value is 0.430. The van der Waals surface area contributed by atoms with Gasteiger partial charge in [0.2, 0.25) is 0 Å². The van der Waals surface area contributed by atoms with Crippen LogP contribution in [0.1, 0.15) is 83.5 Å². The molecule has 2 spiro atoms. The Morgan fingerprint density at radius 2 is 0.812 bits per heavy atom. The van der Waals surface area contributed by atoms with Gasteiger partial charge in [-0.3, -0.25) is 0 Å². The molecule has 2 saturated carbocycles. The van der Waals surface area contributed by atoms with Gasteiger partial charge in [0, 0.05) is 0 Å². The van der Waals surface area contributed by atoms with Crippen LogP contribution in [-0.2, 0) is 0 Å². The summed E-state index contributed by atoms with van der Waals surface area (Å²) in [5.41, 5.74) is 0. The second kappa shape index (κ2) is 4.60. The lowest BCUT2D eigenvalue weighted by Crippen LogP contribution is -2.40. The SMILES string of the molecule is C1CCC2(CC1)CCCC1(CCCCC1)P2. The number of hydrogen-bond donors (Lipinski definition) is 0. The van der Waals surface area contributed by atoms with Crippen molar-refractivity contribution in [3.05, 3.63) is 0 Å². The van der Waals surface area contributed by atoms with Gasteiger partial charge < -0.3 is 0 Å². The Balaban J connectivity index is 1.72. The van der Waals surface area contributed by atoms with E-state index in [-0.39, 0.29) is 0 Å². The number of hydrogen-bond acceptors (Lipinski definition) is 0. The average Bonchev–Trinajstić information content (AvgIpc) is 2.31. The van der Waals surface area contributed by atoms with Crippen molar-refractivity contribution < 1.29 is 0 Å². The smallest absolute Gasteiger partial charge is 0.0117 e. The predicted molar refractivity (Wildman–Crippen MR) is 73.8 cm³/mol. The third kappa shape index (κ3) is 2.20. The summed E-state index contributed by atoms with van der Waals surface area (Å²) >= 11 is 0. The summed E-state index contributed by atoms with van der Waals surface area (Å²) in [7, 11) is 1.34. The highest BCUT2D eigenvalue weighted by Gasteiger charge is 2.44. The third-order valence-electron chi connectivity index (χ3n) is 5.46. The molecule has 1 saturated heterocycles. The lowest BCUT2D eigenvalue weighted by molar-refractivity contribution is 0.290. The van der Waals surface area contributed by atoms with Crippen LogP contribution in [0, 0.1) is 0 Å². The predicted octanol–water partition coefficient (Wildman–Crippen LogP) is 5.25. The summed E-state index contributed by atoms with van der Waals surface area (Å²) in [5.74, 6) is 0. The van der Waals surface area contributed by atoms with Crippen molar-refractivity contribution in [2.24, 2.45) is 0 Å². The molecule has 3 aliphatic rings. The summed E-state index contributed by atoms with van der Waals surface area (Å²) in [6.07, 6.45) is 20.3. The maximum Gasteiger partial charge on any atom is -0.0117 e. The summed E-state index contributed by atoms with van der Waals surface area (Å²) in [6.45, 7) is 0. The van der Waals surface area contributed by atoms with E-state index in [1.54, 1.807) is 70.6 Å². The molecule has 3 rings (SSSR count). The van der Waals surface area contributed by atoms with Crippen LogP contribution in [0.2, 0.25) is 0 Å². The van der Waals surface area contributed by atoms with Gasteiger partial charge in [0.05, 0.1) is 0 Å².